The van der Waals surface area contributed by atoms with Crippen molar-refractivity contribution in [3.8, 4) is 0 Å². The molecule has 0 fully saturated rings. The Hall–Kier alpha value is -0.860. The van der Waals surface area contributed by atoms with Crippen LogP contribution in [-0.4, -0.2) is 53.8 Å². The summed E-state index contributed by atoms with van der Waals surface area (Å²) in [6.07, 6.45) is -0.597. The zero-order chi connectivity index (χ0) is 24.4. The van der Waals surface area contributed by atoms with E-state index in [1.165, 1.54) is 40.6 Å². The maximum absolute atomic E-state index is 12.8. The maximum atomic E-state index is 12.8. The summed E-state index contributed by atoms with van der Waals surface area (Å²) in [5.74, 6) is -0.581. The standard InChI is InChI=1S/C18H32NO10P3/c1-7-28-32(23,29-8-2)14-19-18(20)17-10-15(12-30(21,24-3)25-4)9-16(11-17)13-31(22,26-5)27-6/h9-11H,7-8,12-14H2,1-6H3,(H,19,20). The highest BCUT2D eigenvalue weighted by Crippen LogP contribution is 2.52. The van der Waals surface area contributed by atoms with Crippen LogP contribution in [0.5, 0.6) is 0 Å². The first-order chi connectivity index (χ1) is 15.0. The summed E-state index contributed by atoms with van der Waals surface area (Å²) in [4.78, 5) is 12.8. The molecule has 0 spiro atoms. The fourth-order valence-electron chi connectivity index (χ4n) is 2.72. The molecule has 184 valence electrons. The van der Waals surface area contributed by atoms with E-state index >= 15 is 0 Å². The van der Waals surface area contributed by atoms with E-state index in [-0.39, 0.29) is 37.4 Å². The van der Waals surface area contributed by atoms with Gasteiger partial charge in [0.1, 0.15) is 6.29 Å². The van der Waals surface area contributed by atoms with Crippen molar-refractivity contribution in [1.82, 2.24) is 5.32 Å². The summed E-state index contributed by atoms with van der Waals surface area (Å²) < 4.78 is 68.1. The van der Waals surface area contributed by atoms with E-state index < -0.39 is 28.7 Å². The Balaban J connectivity index is 3.27. The van der Waals surface area contributed by atoms with Gasteiger partial charge in [0, 0.05) is 34.0 Å². The molecule has 14 heteroatoms. The lowest BCUT2D eigenvalue weighted by molar-refractivity contribution is 0.0953. The second-order valence-corrected chi connectivity index (χ2v) is 13.0. The lowest BCUT2D eigenvalue weighted by atomic mass is 10.1. The number of hydrogen-bond acceptors (Lipinski definition) is 10. The molecule has 32 heavy (non-hydrogen) atoms. The van der Waals surface area contributed by atoms with Gasteiger partial charge >= 0.3 is 22.8 Å². The Morgan fingerprint density at radius 3 is 1.50 bits per heavy atom. The van der Waals surface area contributed by atoms with Crippen molar-refractivity contribution in [1.29, 1.82) is 0 Å². The van der Waals surface area contributed by atoms with Crippen molar-refractivity contribution in [3.63, 3.8) is 0 Å². The molecule has 0 aliphatic rings. The van der Waals surface area contributed by atoms with Gasteiger partial charge in [-0.2, -0.15) is 0 Å². The molecule has 0 bridgehead atoms. The molecule has 0 unspecified atom stereocenters. The zero-order valence-electron chi connectivity index (χ0n) is 19.2. The van der Waals surface area contributed by atoms with Gasteiger partial charge < -0.3 is 32.5 Å². The third-order valence-electron chi connectivity index (χ3n) is 4.26. The van der Waals surface area contributed by atoms with E-state index in [0.717, 1.165) is 0 Å². The average molecular weight is 515 g/mol. The highest BCUT2D eigenvalue weighted by molar-refractivity contribution is 7.54. The van der Waals surface area contributed by atoms with Crippen molar-refractivity contribution >= 4 is 28.7 Å². The van der Waals surface area contributed by atoms with Crippen LogP contribution in [0.15, 0.2) is 18.2 Å². The third-order valence-corrected chi connectivity index (χ3v) is 9.84. The van der Waals surface area contributed by atoms with Crippen molar-refractivity contribution in [2.24, 2.45) is 0 Å². The summed E-state index contributed by atoms with van der Waals surface area (Å²) in [6.45, 7) is 3.63. The maximum Gasteiger partial charge on any atom is 0.349 e. The number of amides is 1. The first kappa shape index (κ1) is 29.2. The van der Waals surface area contributed by atoms with Crippen LogP contribution in [0.4, 0.5) is 0 Å². The minimum absolute atomic E-state index is 0.130. The molecule has 0 aliphatic carbocycles. The Kier molecular flexibility index (Phi) is 12.0. The van der Waals surface area contributed by atoms with Crippen molar-refractivity contribution in [3.05, 3.63) is 34.9 Å². The Morgan fingerprint density at radius 1 is 0.750 bits per heavy atom. The van der Waals surface area contributed by atoms with Crippen LogP contribution in [0.3, 0.4) is 0 Å². The predicted octanol–water partition coefficient (Wildman–Crippen LogP) is 4.61. The van der Waals surface area contributed by atoms with Crippen molar-refractivity contribution in [2.75, 3.05) is 47.9 Å². The van der Waals surface area contributed by atoms with Gasteiger partial charge in [0.25, 0.3) is 5.91 Å². The number of carbonyl (C=O) groups is 1. The van der Waals surface area contributed by atoms with Crippen LogP contribution in [0, 0.1) is 0 Å². The van der Waals surface area contributed by atoms with Crippen LogP contribution < -0.4 is 5.32 Å². The first-order valence-corrected chi connectivity index (χ1v) is 14.9. The van der Waals surface area contributed by atoms with Crippen LogP contribution in [0.25, 0.3) is 0 Å². The van der Waals surface area contributed by atoms with Gasteiger partial charge in [-0.1, -0.05) is 6.07 Å². The normalized spacial score (nSPS) is 12.7. The second kappa shape index (κ2) is 13.1. The van der Waals surface area contributed by atoms with E-state index in [1.54, 1.807) is 19.9 Å². The van der Waals surface area contributed by atoms with Gasteiger partial charge in [0.15, 0.2) is 0 Å². The number of rotatable bonds is 15. The molecular weight excluding hydrogens is 483 g/mol. The van der Waals surface area contributed by atoms with Crippen LogP contribution in [-0.2, 0) is 53.2 Å². The molecular formula is C18H32NO10P3. The quantitative estimate of drug-likeness (QED) is 0.330. The summed E-state index contributed by atoms with van der Waals surface area (Å²) in [5, 5.41) is 2.53. The number of benzene rings is 1. The second-order valence-electron chi connectivity index (χ2n) is 6.42. The number of hydrogen-bond donors (Lipinski definition) is 1. The minimum atomic E-state index is -3.50. The molecule has 0 heterocycles. The van der Waals surface area contributed by atoms with Gasteiger partial charge in [0.05, 0.1) is 25.5 Å². The lowest BCUT2D eigenvalue weighted by Gasteiger charge is -2.19. The lowest BCUT2D eigenvalue weighted by Crippen LogP contribution is -2.26. The topological polar surface area (TPSA) is 136 Å². The molecule has 1 rings (SSSR count). The van der Waals surface area contributed by atoms with E-state index in [2.05, 4.69) is 5.32 Å². The van der Waals surface area contributed by atoms with Gasteiger partial charge in [-0.15, -0.1) is 0 Å². The van der Waals surface area contributed by atoms with E-state index in [0.29, 0.717) is 11.1 Å². The highest BCUT2D eigenvalue weighted by atomic mass is 31.2. The molecule has 0 aromatic heterocycles. The molecule has 0 aliphatic heterocycles. The summed E-state index contributed by atoms with van der Waals surface area (Å²) in [5.41, 5.74) is 1.03. The Bertz CT molecular complexity index is 835. The van der Waals surface area contributed by atoms with Crippen LogP contribution in [0.2, 0.25) is 0 Å². The smallest absolute Gasteiger partial charge is 0.340 e. The van der Waals surface area contributed by atoms with E-state index in [9.17, 15) is 18.5 Å². The SMILES string of the molecule is CCOP(=O)(CNC(=O)c1cc(CP(=O)(OC)OC)cc(CP(=O)(OC)OC)c1)OCC. The van der Waals surface area contributed by atoms with Gasteiger partial charge in [-0.3, -0.25) is 18.5 Å². The Morgan fingerprint density at radius 2 is 1.16 bits per heavy atom. The van der Waals surface area contributed by atoms with E-state index in [4.69, 9.17) is 27.1 Å². The van der Waals surface area contributed by atoms with Crippen molar-refractivity contribution in [2.45, 2.75) is 26.2 Å². The fraction of sp³-hybridized carbons (Fsp3) is 0.611. The molecule has 1 amide bonds. The zero-order valence-corrected chi connectivity index (χ0v) is 21.9. The van der Waals surface area contributed by atoms with Gasteiger partial charge in [-0.25, -0.2) is 0 Å². The van der Waals surface area contributed by atoms with Crippen molar-refractivity contribution < 1.29 is 45.6 Å². The van der Waals surface area contributed by atoms with Crippen LogP contribution >= 0.6 is 22.8 Å². The predicted molar refractivity (Wildman–Crippen MR) is 120 cm³/mol. The molecule has 1 aromatic carbocycles. The number of carbonyl (C=O) groups excluding carboxylic acids is 1. The molecule has 0 saturated heterocycles. The first-order valence-electron chi connectivity index (χ1n) is 9.71. The average Bonchev–Trinajstić information content (AvgIpc) is 2.77. The summed E-state index contributed by atoms with van der Waals surface area (Å²) >= 11 is 0. The fourth-order valence-corrected chi connectivity index (χ4v) is 6.18. The van der Waals surface area contributed by atoms with Gasteiger partial charge in [0.2, 0.25) is 0 Å². The molecule has 11 nitrogen and oxygen atoms in total. The third kappa shape index (κ3) is 8.82. The summed E-state index contributed by atoms with van der Waals surface area (Å²) in [7, 11) is -5.38. The summed E-state index contributed by atoms with van der Waals surface area (Å²) in [6, 6.07) is 4.58. The monoisotopic (exact) mass is 515 g/mol. The molecule has 1 aromatic rings. The molecule has 0 saturated carbocycles. The highest BCUT2D eigenvalue weighted by Gasteiger charge is 2.27. The Labute approximate surface area is 189 Å². The molecule has 0 atom stereocenters. The number of nitrogens with one attached hydrogen (secondary N) is 1. The molecule has 1 N–H and O–H groups in total. The largest absolute Gasteiger partial charge is 0.349 e. The molecule has 0 radical (unpaired) electrons. The van der Waals surface area contributed by atoms with E-state index in [1.807, 2.05) is 0 Å². The van der Waals surface area contributed by atoms with Gasteiger partial charge in [-0.05, 0) is 37.1 Å². The minimum Gasteiger partial charge on any atom is -0.340 e. The van der Waals surface area contributed by atoms with Crippen LogP contribution in [0.1, 0.15) is 35.3 Å².